The maximum atomic E-state index is 13.8. The van der Waals surface area contributed by atoms with Gasteiger partial charge in [-0.1, -0.05) is 66.7 Å². The van der Waals surface area contributed by atoms with Crippen molar-refractivity contribution in [2.75, 3.05) is 0 Å². The highest BCUT2D eigenvalue weighted by Crippen LogP contribution is 2.33. The monoisotopic (exact) mass is 294 g/mol. The Morgan fingerprint density at radius 1 is 0.667 bits per heavy atom. The summed E-state index contributed by atoms with van der Waals surface area (Å²) in [4.78, 5) is 0. The second-order valence-corrected chi connectivity index (χ2v) is 7.21. The highest BCUT2D eigenvalue weighted by Gasteiger charge is 2.16. The normalized spacial score (nSPS) is 10.8. The molecule has 2 heteroatoms. The topological polar surface area (TPSA) is 0 Å². The van der Waals surface area contributed by atoms with Crippen LogP contribution in [0.15, 0.2) is 78.9 Å². The quantitative estimate of drug-likeness (QED) is 0.643. The average Bonchev–Trinajstić information content (AvgIpc) is 2.49. The maximum absolute atomic E-state index is 13.8. The van der Waals surface area contributed by atoms with E-state index in [1.165, 1.54) is 10.6 Å². The van der Waals surface area contributed by atoms with E-state index in [4.69, 9.17) is 0 Å². The van der Waals surface area contributed by atoms with Gasteiger partial charge in [-0.2, -0.15) is 0 Å². The zero-order valence-electron chi connectivity index (χ0n) is 11.8. The van der Waals surface area contributed by atoms with E-state index < -0.39 is 7.92 Å². The molecule has 0 aromatic heterocycles. The third-order valence-corrected chi connectivity index (χ3v) is 5.72. The van der Waals surface area contributed by atoms with E-state index in [-0.39, 0.29) is 5.82 Å². The zero-order chi connectivity index (χ0) is 14.7. The third-order valence-electron chi connectivity index (χ3n) is 3.31. The van der Waals surface area contributed by atoms with E-state index in [0.717, 1.165) is 10.9 Å². The third kappa shape index (κ3) is 3.20. The lowest BCUT2D eigenvalue weighted by Gasteiger charge is -2.19. The van der Waals surface area contributed by atoms with E-state index in [0.29, 0.717) is 0 Å². The van der Waals surface area contributed by atoms with Crippen LogP contribution in [-0.2, 0) is 0 Å². The van der Waals surface area contributed by atoms with Crippen LogP contribution < -0.4 is 15.9 Å². The van der Waals surface area contributed by atoms with Gasteiger partial charge >= 0.3 is 0 Å². The van der Waals surface area contributed by atoms with Gasteiger partial charge in [0.1, 0.15) is 5.82 Å². The van der Waals surface area contributed by atoms with E-state index in [1.54, 1.807) is 12.1 Å². The molecule has 0 N–H and O–H groups in total. The summed E-state index contributed by atoms with van der Waals surface area (Å²) in [5, 5.41) is 3.53. The van der Waals surface area contributed by atoms with Gasteiger partial charge in [-0.25, -0.2) is 4.39 Å². The Hall–Kier alpha value is -1.98. The molecule has 0 fully saturated rings. The lowest BCUT2D eigenvalue weighted by Crippen LogP contribution is -2.21. The van der Waals surface area contributed by atoms with Crippen LogP contribution in [0.25, 0.3) is 0 Å². The lowest BCUT2D eigenvalue weighted by molar-refractivity contribution is 0.628. The minimum atomic E-state index is -0.718. The molecule has 0 aliphatic rings. The number of hydrogen-bond acceptors (Lipinski definition) is 0. The highest BCUT2D eigenvalue weighted by molar-refractivity contribution is 7.79. The van der Waals surface area contributed by atoms with Gasteiger partial charge in [0.05, 0.1) is 0 Å². The van der Waals surface area contributed by atoms with Gasteiger partial charge in [-0.3, -0.25) is 0 Å². The van der Waals surface area contributed by atoms with Crippen molar-refractivity contribution in [3.8, 4) is 0 Å². The first kappa shape index (κ1) is 14.0. The molecule has 0 saturated carbocycles. The Morgan fingerprint density at radius 3 is 1.67 bits per heavy atom. The van der Waals surface area contributed by atoms with Crippen molar-refractivity contribution in [2.45, 2.75) is 6.92 Å². The lowest BCUT2D eigenvalue weighted by atomic mass is 10.2. The molecule has 0 nitrogen and oxygen atoms in total. The largest absolute Gasteiger partial charge is 0.207 e. The SMILES string of the molecule is Cc1cc(F)cc(P(c2ccccc2)c2ccccc2)c1. The molecule has 104 valence electrons. The van der Waals surface area contributed by atoms with Crippen molar-refractivity contribution in [3.05, 3.63) is 90.2 Å². The molecule has 0 radical (unpaired) electrons. The van der Waals surface area contributed by atoms with Crippen molar-refractivity contribution < 1.29 is 4.39 Å². The van der Waals surface area contributed by atoms with Gasteiger partial charge < -0.3 is 0 Å². The summed E-state index contributed by atoms with van der Waals surface area (Å²) >= 11 is 0. The van der Waals surface area contributed by atoms with Gasteiger partial charge in [-0.05, 0) is 48.5 Å². The predicted octanol–water partition coefficient (Wildman–Crippen LogP) is 3.89. The number of rotatable bonds is 3. The zero-order valence-corrected chi connectivity index (χ0v) is 12.7. The molecule has 3 rings (SSSR count). The van der Waals surface area contributed by atoms with Gasteiger partial charge in [0.15, 0.2) is 0 Å². The van der Waals surface area contributed by atoms with E-state index in [2.05, 4.69) is 30.3 Å². The van der Waals surface area contributed by atoms with E-state index in [9.17, 15) is 4.39 Å². The van der Waals surface area contributed by atoms with Crippen molar-refractivity contribution in [3.63, 3.8) is 0 Å². The Labute approximate surface area is 126 Å². The first-order valence-corrected chi connectivity index (χ1v) is 8.25. The summed E-state index contributed by atoms with van der Waals surface area (Å²) in [6.07, 6.45) is 0. The molecule has 0 saturated heterocycles. The van der Waals surface area contributed by atoms with Gasteiger partial charge in [0, 0.05) is 0 Å². The van der Waals surface area contributed by atoms with Gasteiger partial charge in [0.25, 0.3) is 0 Å². The van der Waals surface area contributed by atoms with Crippen LogP contribution in [0, 0.1) is 12.7 Å². The molecule has 0 atom stereocenters. The molecule has 0 bridgehead atoms. The van der Waals surface area contributed by atoms with Crippen molar-refractivity contribution in [1.82, 2.24) is 0 Å². The van der Waals surface area contributed by atoms with Crippen molar-refractivity contribution in [2.24, 2.45) is 0 Å². The fourth-order valence-corrected chi connectivity index (χ4v) is 4.87. The average molecular weight is 294 g/mol. The summed E-state index contributed by atoms with van der Waals surface area (Å²) in [6, 6.07) is 26.0. The van der Waals surface area contributed by atoms with Crippen LogP contribution in [0.2, 0.25) is 0 Å². The molecule has 0 unspecified atom stereocenters. The van der Waals surface area contributed by atoms with Gasteiger partial charge in [0.2, 0.25) is 0 Å². The number of halogens is 1. The standard InChI is InChI=1S/C19H16FP/c1-15-12-16(20)14-19(13-15)21(17-8-4-2-5-9-17)18-10-6-3-7-11-18/h2-14H,1H3. The number of benzene rings is 3. The van der Waals surface area contributed by atoms with Crippen LogP contribution in [0.1, 0.15) is 5.56 Å². The summed E-state index contributed by atoms with van der Waals surface area (Å²) in [7, 11) is -0.718. The number of hydrogen-bond donors (Lipinski definition) is 0. The fraction of sp³-hybridized carbons (Fsp3) is 0.0526. The Bertz CT molecular complexity index is 663. The molecule has 3 aromatic rings. The first-order valence-electron chi connectivity index (χ1n) is 6.91. The molecule has 0 heterocycles. The van der Waals surface area contributed by atoms with Crippen molar-refractivity contribution >= 4 is 23.8 Å². The van der Waals surface area contributed by atoms with Crippen LogP contribution in [0.3, 0.4) is 0 Å². The molecule has 21 heavy (non-hydrogen) atoms. The summed E-state index contributed by atoms with van der Waals surface area (Å²) in [6.45, 7) is 1.94. The van der Waals surface area contributed by atoms with Crippen LogP contribution in [0.4, 0.5) is 4.39 Å². The van der Waals surface area contributed by atoms with Crippen LogP contribution in [0.5, 0.6) is 0 Å². The summed E-state index contributed by atoms with van der Waals surface area (Å²) < 4.78 is 13.8. The highest BCUT2D eigenvalue weighted by atomic mass is 31.1. The van der Waals surface area contributed by atoms with Crippen molar-refractivity contribution in [1.29, 1.82) is 0 Å². The molecular formula is C19H16FP. The maximum Gasteiger partial charge on any atom is 0.124 e. The van der Waals surface area contributed by atoms with E-state index in [1.807, 2.05) is 43.3 Å². The molecule has 0 spiro atoms. The minimum absolute atomic E-state index is 0.163. The van der Waals surface area contributed by atoms with Crippen LogP contribution >= 0.6 is 7.92 Å². The molecular weight excluding hydrogens is 278 g/mol. The molecule has 0 aliphatic carbocycles. The minimum Gasteiger partial charge on any atom is -0.207 e. The number of aryl methyl sites for hydroxylation is 1. The molecule has 3 aromatic carbocycles. The molecule has 0 aliphatic heterocycles. The second kappa shape index (κ2) is 6.20. The van der Waals surface area contributed by atoms with Crippen LogP contribution in [-0.4, -0.2) is 0 Å². The molecule has 0 amide bonds. The summed E-state index contributed by atoms with van der Waals surface area (Å²) in [5.74, 6) is -0.163. The van der Waals surface area contributed by atoms with E-state index >= 15 is 0 Å². The first-order chi connectivity index (χ1) is 10.2. The Balaban J connectivity index is 2.17. The Kier molecular flexibility index (Phi) is 4.13. The summed E-state index contributed by atoms with van der Waals surface area (Å²) in [5.41, 5.74) is 0.962. The van der Waals surface area contributed by atoms with Gasteiger partial charge in [-0.15, -0.1) is 0 Å². The fourth-order valence-electron chi connectivity index (χ4n) is 2.45. The predicted molar refractivity (Wildman–Crippen MR) is 89.8 cm³/mol. The second-order valence-electron chi connectivity index (χ2n) is 4.99. The Morgan fingerprint density at radius 2 is 1.19 bits per heavy atom. The smallest absolute Gasteiger partial charge is 0.124 e.